The van der Waals surface area contributed by atoms with E-state index in [0.29, 0.717) is 5.69 Å². The minimum Gasteiger partial charge on any atom is -0.330 e. The fraction of sp³-hybridized carbons (Fsp3) is 0.250. The van der Waals surface area contributed by atoms with Crippen molar-refractivity contribution in [2.24, 2.45) is 0 Å². The second kappa shape index (κ2) is 6.47. The SMILES string of the molecule is O=C(c1csc(-c2cc(Br)cs2)n1)N1CCCC1c1ccsc1. The lowest BCUT2D eigenvalue weighted by Gasteiger charge is -2.23. The molecular formula is C16H13BrN2OS3. The number of carbonyl (C=O) groups is 1. The van der Waals surface area contributed by atoms with Crippen LogP contribution in [0.4, 0.5) is 0 Å². The maximum atomic E-state index is 12.9. The number of nitrogens with zero attached hydrogens (tertiary/aromatic N) is 2. The van der Waals surface area contributed by atoms with E-state index in [2.05, 4.69) is 37.7 Å². The zero-order valence-corrected chi connectivity index (χ0v) is 16.1. The third-order valence-corrected chi connectivity index (χ3v) is 7.35. The molecule has 0 radical (unpaired) electrons. The minimum atomic E-state index is 0.0526. The van der Waals surface area contributed by atoms with Crippen LogP contribution in [-0.2, 0) is 0 Å². The van der Waals surface area contributed by atoms with E-state index in [9.17, 15) is 4.79 Å². The zero-order chi connectivity index (χ0) is 15.8. The summed E-state index contributed by atoms with van der Waals surface area (Å²) in [6.45, 7) is 0.816. The largest absolute Gasteiger partial charge is 0.330 e. The van der Waals surface area contributed by atoms with Crippen LogP contribution in [-0.4, -0.2) is 22.3 Å². The zero-order valence-electron chi connectivity index (χ0n) is 12.1. The quantitative estimate of drug-likeness (QED) is 0.542. The van der Waals surface area contributed by atoms with Crippen molar-refractivity contribution in [1.82, 2.24) is 9.88 Å². The molecule has 0 N–H and O–H groups in total. The van der Waals surface area contributed by atoms with E-state index in [-0.39, 0.29) is 11.9 Å². The lowest BCUT2D eigenvalue weighted by Crippen LogP contribution is -2.30. The normalized spacial score (nSPS) is 17.8. The molecule has 0 bridgehead atoms. The van der Waals surface area contributed by atoms with Crippen LogP contribution in [0.2, 0.25) is 0 Å². The molecule has 4 heterocycles. The maximum absolute atomic E-state index is 12.9. The van der Waals surface area contributed by atoms with E-state index in [1.807, 2.05) is 21.7 Å². The van der Waals surface area contributed by atoms with Gasteiger partial charge in [0.05, 0.1) is 10.9 Å². The Bertz CT molecular complexity index is 824. The third kappa shape index (κ3) is 3.03. The molecule has 3 aromatic rings. The number of hydrogen-bond acceptors (Lipinski definition) is 5. The highest BCUT2D eigenvalue weighted by molar-refractivity contribution is 9.10. The number of halogens is 1. The van der Waals surface area contributed by atoms with Crippen molar-refractivity contribution in [3.63, 3.8) is 0 Å². The number of aromatic nitrogens is 1. The second-order valence-electron chi connectivity index (χ2n) is 5.38. The molecule has 4 rings (SSSR count). The first-order valence-corrected chi connectivity index (χ1v) is 10.7. The van der Waals surface area contributed by atoms with Crippen molar-refractivity contribution in [3.8, 4) is 9.88 Å². The van der Waals surface area contributed by atoms with Gasteiger partial charge in [0.25, 0.3) is 5.91 Å². The highest BCUT2D eigenvalue weighted by atomic mass is 79.9. The van der Waals surface area contributed by atoms with Crippen LogP contribution < -0.4 is 0 Å². The topological polar surface area (TPSA) is 33.2 Å². The fourth-order valence-electron chi connectivity index (χ4n) is 2.88. The molecule has 1 aliphatic rings. The number of likely N-dealkylation sites (tertiary alicyclic amines) is 1. The van der Waals surface area contributed by atoms with Gasteiger partial charge in [0, 0.05) is 21.8 Å². The molecule has 0 aliphatic carbocycles. The molecule has 3 nitrogen and oxygen atoms in total. The van der Waals surface area contributed by atoms with Gasteiger partial charge < -0.3 is 4.90 Å². The summed E-state index contributed by atoms with van der Waals surface area (Å²) in [7, 11) is 0. The van der Waals surface area contributed by atoms with E-state index >= 15 is 0 Å². The molecule has 7 heteroatoms. The van der Waals surface area contributed by atoms with Crippen molar-refractivity contribution in [2.45, 2.75) is 18.9 Å². The molecule has 1 amide bonds. The van der Waals surface area contributed by atoms with Crippen LogP contribution >= 0.6 is 49.9 Å². The van der Waals surface area contributed by atoms with Crippen molar-refractivity contribution < 1.29 is 4.79 Å². The first-order chi connectivity index (χ1) is 11.2. The van der Waals surface area contributed by atoms with Crippen molar-refractivity contribution in [1.29, 1.82) is 0 Å². The number of carbonyl (C=O) groups excluding carboxylic acids is 1. The number of thiazole rings is 1. The molecule has 23 heavy (non-hydrogen) atoms. The van der Waals surface area contributed by atoms with Crippen LogP contribution in [0.1, 0.15) is 34.9 Å². The highest BCUT2D eigenvalue weighted by Crippen LogP contribution is 2.36. The molecule has 1 atom stereocenters. The summed E-state index contributed by atoms with van der Waals surface area (Å²) in [4.78, 5) is 20.5. The van der Waals surface area contributed by atoms with E-state index in [4.69, 9.17) is 0 Å². The minimum absolute atomic E-state index is 0.0526. The number of hydrogen-bond donors (Lipinski definition) is 0. The van der Waals surface area contributed by atoms with Gasteiger partial charge in [-0.3, -0.25) is 4.79 Å². The average molecular weight is 425 g/mol. The van der Waals surface area contributed by atoms with E-state index in [1.165, 1.54) is 16.9 Å². The lowest BCUT2D eigenvalue weighted by molar-refractivity contribution is 0.0731. The summed E-state index contributed by atoms with van der Waals surface area (Å²) >= 11 is 8.32. The smallest absolute Gasteiger partial charge is 0.273 e. The van der Waals surface area contributed by atoms with Gasteiger partial charge in [0.2, 0.25) is 0 Å². The Hall–Kier alpha value is -1.02. The summed E-state index contributed by atoms with van der Waals surface area (Å²) in [5.74, 6) is 0.0526. The van der Waals surface area contributed by atoms with Crippen LogP contribution in [0.5, 0.6) is 0 Å². The molecule has 0 spiro atoms. The summed E-state index contributed by atoms with van der Waals surface area (Å²) < 4.78 is 1.05. The van der Waals surface area contributed by atoms with Gasteiger partial charge in [-0.15, -0.1) is 22.7 Å². The van der Waals surface area contributed by atoms with Gasteiger partial charge in [-0.05, 0) is 57.2 Å². The van der Waals surface area contributed by atoms with Crippen LogP contribution in [0.15, 0.2) is 38.1 Å². The molecule has 1 saturated heterocycles. The summed E-state index contributed by atoms with van der Waals surface area (Å²) in [5.41, 5.74) is 1.81. The van der Waals surface area contributed by atoms with Gasteiger partial charge in [0.1, 0.15) is 10.7 Å². The lowest BCUT2D eigenvalue weighted by atomic mass is 10.1. The average Bonchev–Trinajstić information content (AvgIpc) is 3.31. The molecule has 0 aromatic carbocycles. The van der Waals surface area contributed by atoms with E-state index in [0.717, 1.165) is 33.7 Å². The summed E-state index contributed by atoms with van der Waals surface area (Å²) in [5, 5.41) is 9.05. The molecule has 1 unspecified atom stereocenters. The second-order valence-corrected chi connectivity index (χ2v) is 8.85. The Morgan fingerprint density at radius 3 is 2.96 bits per heavy atom. The molecule has 118 valence electrons. The van der Waals surface area contributed by atoms with Gasteiger partial charge in [-0.1, -0.05) is 0 Å². The Kier molecular flexibility index (Phi) is 4.36. The maximum Gasteiger partial charge on any atom is 0.273 e. The van der Waals surface area contributed by atoms with Crippen LogP contribution in [0, 0.1) is 0 Å². The van der Waals surface area contributed by atoms with Gasteiger partial charge >= 0.3 is 0 Å². The predicted octanol–water partition coefficient (Wildman–Crippen LogP) is 5.67. The number of amides is 1. The molecule has 0 saturated carbocycles. The van der Waals surface area contributed by atoms with E-state index in [1.54, 1.807) is 22.7 Å². The van der Waals surface area contributed by atoms with Gasteiger partial charge in [0.15, 0.2) is 0 Å². The Labute approximate surface area is 154 Å². The van der Waals surface area contributed by atoms with E-state index < -0.39 is 0 Å². The van der Waals surface area contributed by atoms with Crippen molar-refractivity contribution in [2.75, 3.05) is 6.54 Å². The molecular weight excluding hydrogens is 412 g/mol. The third-order valence-electron chi connectivity index (χ3n) is 3.94. The van der Waals surface area contributed by atoms with Crippen LogP contribution in [0.3, 0.4) is 0 Å². The van der Waals surface area contributed by atoms with Crippen molar-refractivity contribution in [3.05, 3.63) is 49.4 Å². The molecule has 3 aromatic heterocycles. The summed E-state index contributed by atoms with van der Waals surface area (Å²) in [6.07, 6.45) is 2.10. The predicted molar refractivity (Wildman–Crippen MR) is 100 cm³/mol. The summed E-state index contributed by atoms with van der Waals surface area (Å²) in [6, 6.07) is 4.37. The monoisotopic (exact) mass is 424 g/mol. The first-order valence-electron chi connectivity index (χ1n) is 7.25. The highest BCUT2D eigenvalue weighted by Gasteiger charge is 2.32. The molecule has 1 aliphatic heterocycles. The Morgan fingerprint density at radius 2 is 2.22 bits per heavy atom. The Balaban J connectivity index is 1.58. The number of thiophene rings is 2. The van der Waals surface area contributed by atoms with Gasteiger partial charge in [-0.2, -0.15) is 11.3 Å². The first kappa shape index (κ1) is 15.5. The molecule has 1 fully saturated rings. The number of rotatable bonds is 3. The Morgan fingerprint density at radius 1 is 1.30 bits per heavy atom. The van der Waals surface area contributed by atoms with Crippen molar-refractivity contribution >= 4 is 55.8 Å². The standard InChI is InChI=1S/C16H13BrN2OS3/c17-11-6-14(22-8-11)15-18-12(9-23-15)16(20)19-4-1-2-13(19)10-3-5-21-7-10/h3,5-9,13H,1-2,4H2. The fourth-order valence-corrected chi connectivity index (χ4v) is 5.89. The van der Waals surface area contributed by atoms with Gasteiger partial charge in [-0.25, -0.2) is 4.98 Å². The van der Waals surface area contributed by atoms with Crippen LogP contribution in [0.25, 0.3) is 9.88 Å².